The number of sulfone groups is 3. The number of nitrogens with zero attached hydrogens (tertiary/aromatic N) is 2. The Hall–Kier alpha value is -6.29. The number of piperidine rings is 1. The Kier molecular flexibility index (Phi) is 16.0. The van der Waals surface area contributed by atoms with Gasteiger partial charge in [0.2, 0.25) is 19.9 Å². The lowest BCUT2D eigenvalue weighted by Gasteiger charge is -2.31. The van der Waals surface area contributed by atoms with Gasteiger partial charge >= 0.3 is 27.4 Å². The van der Waals surface area contributed by atoms with E-state index < -0.39 is 96.8 Å². The van der Waals surface area contributed by atoms with Gasteiger partial charge in [0.05, 0.1) is 25.7 Å². The molecule has 19 nitrogen and oxygen atoms in total. The minimum atomic E-state index is -7.63. The number of aryl methyl sites for hydroxylation is 3. The lowest BCUT2D eigenvalue weighted by Crippen LogP contribution is -2.49. The van der Waals surface area contributed by atoms with Gasteiger partial charge in [-0.2, -0.15) is 39.1 Å². The third kappa shape index (κ3) is 11.8. The third-order valence-corrected chi connectivity index (χ3v) is 25.2. The molecule has 0 amide bonds. The van der Waals surface area contributed by atoms with Gasteiger partial charge in [0, 0.05) is 64.2 Å². The number of ether oxygens (including phenoxy) is 1. The van der Waals surface area contributed by atoms with Crippen molar-refractivity contribution in [3.8, 4) is 22.5 Å². The van der Waals surface area contributed by atoms with E-state index in [1.807, 2.05) is 0 Å². The Labute approximate surface area is 448 Å². The maximum Gasteiger partial charge on any atom is 0.499 e. The van der Waals surface area contributed by atoms with E-state index >= 15 is 0 Å². The molecular weight excluding hydrogens is 1190 g/mol. The van der Waals surface area contributed by atoms with Crippen LogP contribution in [0.25, 0.3) is 33.4 Å². The first-order valence-corrected chi connectivity index (χ1v) is 31.5. The SMILES string of the molecule is C=C(C)C(=O)OC1CCN(S(=O)(=O)c2ccccc2-c2c3ccc(=Nc4c(C)cc(S(=O)(=O)C(S(=O)(=O)C(F)(F)F)S(=O)(=O)C(F)(F)F)cc4C)cc-3oc3cc(Nc4c(C)ccc(S(=O)(=O)NS(=O)(=O)F)c4C)ccc23)CC1. The first-order chi connectivity index (χ1) is 36.2. The fourth-order valence-corrected chi connectivity index (χ4v) is 19.8. The first-order valence-electron chi connectivity index (χ1n) is 22.5. The van der Waals surface area contributed by atoms with E-state index in [0.717, 1.165) is 24.0 Å². The number of benzene rings is 5. The highest BCUT2D eigenvalue weighted by Crippen LogP contribution is 2.45. The predicted molar refractivity (Wildman–Crippen MR) is 273 cm³/mol. The first kappa shape index (κ1) is 60.4. The number of nitrogens with one attached hydrogen (secondary N) is 2. The molecule has 0 radical (unpaired) electrons. The number of rotatable bonds is 15. The highest BCUT2D eigenvalue weighted by Gasteiger charge is 2.68. The number of hydrogen-bond acceptors (Lipinski definition) is 17. The summed E-state index contributed by atoms with van der Waals surface area (Å²) in [6.45, 7) is 9.99. The fourth-order valence-electron chi connectivity index (χ4n) is 8.64. The number of alkyl halides is 6. The van der Waals surface area contributed by atoms with Gasteiger partial charge in [-0.3, -0.25) is 0 Å². The number of carbonyl (C=O) groups excluding carboxylic acids is 1. The van der Waals surface area contributed by atoms with Crippen molar-refractivity contribution < 1.29 is 94.7 Å². The van der Waals surface area contributed by atoms with Crippen LogP contribution in [0.1, 0.15) is 42.0 Å². The average Bonchev–Trinajstić information content (AvgIpc) is 3.48. The summed E-state index contributed by atoms with van der Waals surface area (Å²) in [6.07, 6.45) is -0.305. The summed E-state index contributed by atoms with van der Waals surface area (Å²) < 4.78 is 259. The number of sulfonamides is 2. The predicted octanol–water partition coefficient (Wildman–Crippen LogP) is 8.11. The Morgan fingerprint density at radius 1 is 0.734 bits per heavy atom. The summed E-state index contributed by atoms with van der Waals surface area (Å²) in [7, 11) is -36.9. The van der Waals surface area contributed by atoms with Crippen LogP contribution < -0.4 is 14.8 Å². The molecule has 3 aliphatic rings. The zero-order chi connectivity index (χ0) is 59.0. The van der Waals surface area contributed by atoms with Crippen molar-refractivity contribution in [1.29, 1.82) is 0 Å². The summed E-state index contributed by atoms with van der Waals surface area (Å²) in [5.74, 6) is -0.680. The van der Waals surface area contributed by atoms with Crippen LogP contribution >= 0.6 is 0 Å². The van der Waals surface area contributed by atoms with Crippen LogP contribution in [0.15, 0.2) is 121 Å². The number of fused-ring (bicyclic) bond motifs is 2. The van der Waals surface area contributed by atoms with E-state index in [1.165, 1.54) is 78.8 Å². The van der Waals surface area contributed by atoms with Gasteiger partial charge in [0.15, 0.2) is 0 Å². The molecule has 1 fully saturated rings. The van der Waals surface area contributed by atoms with Crippen molar-refractivity contribution in [3.63, 3.8) is 0 Å². The standard InChI is InChI=1S/C47H43F7N4O15S6/c1-25(2)44(59)72-32-17-19-58(20-18-32)78(68,69)40-10-8-7-9-36(40)41-34-14-12-30(55-42-27(4)21-33(22-28(42)5)74(60,61)45(75(62,63)46(48,49)50)76(64,65)47(51,52)53)23-37(34)73-38-24-31(13-15-35(38)41)56-43-26(3)11-16-39(29(43)6)77(66,67)57-79(54,70)71/h7-16,21-24,32,45,56-57H,1,17-20H2,2-6H3. The zero-order valence-corrected chi connectivity index (χ0v) is 46.3. The largest absolute Gasteiger partial charge is 0.499 e. The van der Waals surface area contributed by atoms with Crippen LogP contribution in [-0.4, -0.2) is 94.9 Å². The van der Waals surface area contributed by atoms with Crippen molar-refractivity contribution in [3.05, 3.63) is 125 Å². The molecule has 0 bridgehead atoms. The normalized spacial score (nSPS) is 15.2. The molecule has 2 aliphatic heterocycles. The molecule has 0 unspecified atom stereocenters. The highest BCUT2D eigenvalue weighted by atomic mass is 32.3. The molecule has 426 valence electrons. The van der Waals surface area contributed by atoms with Gasteiger partial charge < -0.3 is 14.5 Å². The second-order valence-corrected chi connectivity index (χ2v) is 29.9. The number of hydrogen-bond donors (Lipinski definition) is 2. The van der Waals surface area contributed by atoms with Crippen LogP contribution in [-0.2, 0) is 69.5 Å². The zero-order valence-electron chi connectivity index (χ0n) is 41.4. The lowest BCUT2D eigenvalue weighted by atomic mass is 9.93. The molecule has 0 spiro atoms. The Bertz CT molecular complexity index is 4210. The van der Waals surface area contributed by atoms with E-state index in [-0.39, 0.29) is 109 Å². The van der Waals surface area contributed by atoms with Crippen LogP contribution in [0.4, 0.5) is 47.3 Å². The van der Waals surface area contributed by atoms with Crippen LogP contribution in [0, 0.1) is 27.7 Å². The Morgan fingerprint density at radius 3 is 1.87 bits per heavy atom. The van der Waals surface area contributed by atoms with Crippen molar-refractivity contribution in [2.24, 2.45) is 4.99 Å². The Balaban J connectivity index is 1.41. The third-order valence-electron chi connectivity index (χ3n) is 12.3. The molecule has 2 heterocycles. The molecule has 4 aromatic carbocycles. The number of anilines is 2. The summed E-state index contributed by atoms with van der Waals surface area (Å²) in [4.78, 5) is 14.4. The van der Waals surface area contributed by atoms with Crippen LogP contribution in [0.3, 0.4) is 0 Å². The van der Waals surface area contributed by atoms with Gasteiger partial charge in [-0.1, -0.05) is 38.9 Å². The van der Waals surface area contributed by atoms with E-state index in [4.69, 9.17) is 9.15 Å². The van der Waals surface area contributed by atoms with E-state index in [1.54, 1.807) is 13.0 Å². The fraction of sp³-hybridized carbons (Fsp3) is 0.277. The van der Waals surface area contributed by atoms with E-state index in [2.05, 4.69) is 16.9 Å². The summed E-state index contributed by atoms with van der Waals surface area (Å²) in [5, 5.41) is 3.29. The number of esters is 1. The molecule has 1 saturated heterocycles. The molecular formula is C47H43F7N4O15S6. The van der Waals surface area contributed by atoms with Gasteiger partial charge in [-0.25, -0.2) is 51.9 Å². The second-order valence-electron chi connectivity index (χ2n) is 18.0. The molecule has 32 heteroatoms. The van der Waals surface area contributed by atoms with Crippen molar-refractivity contribution in [2.45, 2.75) is 83.2 Å². The molecule has 0 aromatic heterocycles. The van der Waals surface area contributed by atoms with E-state index in [9.17, 15) is 85.5 Å². The van der Waals surface area contributed by atoms with Gasteiger partial charge in [-0.15, -0.1) is 0 Å². The van der Waals surface area contributed by atoms with Gasteiger partial charge in [-0.05, 0) is 118 Å². The smallest absolute Gasteiger partial charge is 0.459 e. The average molecular weight is 1230 g/mol. The molecule has 7 rings (SSSR count). The van der Waals surface area contributed by atoms with Gasteiger partial charge in [0.25, 0.3) is 33.6 Å². The summed E-state index contributed by atoms with van der Waals surface area (Å²) in [5.41, 5.74) is -12.9. The maximum atomic E-state index is 14.7. The summed E-state index contributed by atoms with van der Waals surface area (Å²) >= 11 is 0. The molecule has 2 N–H and O–H groups in total. The summed E-state index contributed by atoms with van der Waals surface area (Å²) in [6, 6.07) is 17.8. The number of carbonyl (C=O) groups is 1. The quantitative estimate of drug-likeness (QED) is 0.0323. The van der Waals surface area contributed by atoms with Crippen molar-refractivity contribution >= 4 is 94.0 Å². The van der Waals surface area contributed by atoms with Crippen molar-refractivity contribution in [2.75, 3.05) is 18.4 Å². The van der Waals surface area contributed by atoms with E-state index in [0.29, 0.717) is 17.7 Å². The Morgan fingerprint density at radius 2 is 1.32 bits per heavy atom. The maximum absolute atomic E-state index is 14.7. The van der Waals surface area contributed by atoms with Crippen LogP contribution in [0.2, 0.25) is 0 Å². The van der Waals surface area contributed by atoms with Gasteiger partial charge in [0.1, 0.15) is 17.4 Å². The number of halogens is 7. The molecule has 4 aromatic rings. The second kappa shape index (κ2) is 21.0. The minimum Gasteiger partial charge on any atom is -0.459 e. The van der Waals surface area contributed by atoms with Crippen LogP contribution in [0.5, 0.6) is 0 Å². The minimum absolute atomic E-state index is 0.0142. The van der Waals surface area contributed by atoms with Crippen molar-refractivity contribution in [1.82, 2.24) is 8.43 Å². The monoisotopic (exact) mass is 1230 g/mol. The highest BCUT2D eigenvalue weighted by molar-refractivity contribution is 8.24. The molecule has 1 aliphatic carbocycles. The molecule has 0 saturated carbocycles. The molecule has 79 heavy (non-hydrogen) atoms. The topological polar surface area (TPSA) is 284 Å². The molecule has 0 atom stereocenters. The lowest BCUT2D eigenvalue weighted by molar-refractivity contribution is -0.145.